The van der Waals surface area contributed by atoms with Gasteiger partial charge in [0.05, 0.1) is 57.3 Å². The molecule has 19 N–H and O–H groups in total. The minimum atomic E-state index is -2.06. The van der Waals surface area contributed by atoms with E-state index in [1.807, 2.05) is 6.92 Å². The van der Waals surface area contributed by atoms with Gasteiger partial charge in [0, 0.05) is 5.41 Å². The monoisotopic (exact) mass is 1400 g/mol. The number of esters is 1. The van der Waals surface area contributed by atoms with Crippen LogP contribution in [0.25, 0.3) is 0 Å². The van der Waals surface area contributed by atoms with Crippen LogP contribution in [0.2, 0.25) is 0 Å². The molecule has 38 atom stereocenters. The van der Waals surface area contributed by atoms with Crippen molar-refractivity contribution in [1.29, 1.82) is 0 Å². The van der Waals surface area contributed by atoms with E-state index in [0.717, 1.165) is 12.0 Å². The molecule has 0 radical (unpaired) electrons. The van der Waals surface area contributed by atoms with Crippen molar-refractivity contribution in [2.24, 2.45) is 50.2 Å². The van der Waals surface area contributed by atoms with E-state index in [0.29, 0.717) is 57.8 Å². The standard InChI is InChI=1S/C65H106O32/c1-25-36(71)51(95-55-48(83)44(79)50(31(21-68)91-55)94-54-46(81)42(77)39(74)30(20-67)90-54)49(84)57(88-25)96-52-37(72)28(70)22-86-58(52)93-35-11-12-61(4)33(62(35,5)24-69)10-13-64(7)34(61)9-8-26-27-18-60(2,3)14-16-65(27,17-15-63(26,64)6)59(85)97-56-47(82)43(78)40(75)32(92-56)23-87-53-45(80)41(76)38(73)29(19-66)89-53/h8,25,27-58,66-84H,9-24H2,1-7H3/t25-,27?,28+,29+,30+,31+,32+,33?,34?,35?,36+,37-,38+,39+,40+,41-,42-,43-,44+,45+,46+,47+,48+,49+,50+,51+,52+,53+,54-,55-,56-,57-,58-,61?,62?,63?,64?,65?/m0/s1. The van der Waals surface area contributed by atoms with E-state index in [1.54, 1.807) is 0 Å². The highest BCUT2D eigenvalue weighted by molar-refractivity contribution is 5.79. The summed E-state index contributed by atoms with van der Waals surface area (Å²) < 4.78 is 71.2. The van der Waals surface area contributed by atoms with Crippen molar-refractivity contribution in [2.45, 2.75) is 297 Å². The number of aliphatic hydroxyl groups excluding tert-OH is 19. The Morgan fingerprint density at radius 1 is 0.495 bits per heavy atom. The zero-order chi connectivity index (χ0) is 70.7. The van der Waals surface area contributed by atoms with Crippen molar-refractivity contribution in [2.75, 3.05) is 39.6 Å². The molecule has 0 bridgehead atoms. The molecule has 11 aliphatic rings. The zero-order valence-electron chi connectivity index (χ0n) is 55.7. The van der Waals surface area contributed by atoms with Crippen LogP contribution in [-0.4, -0.2) is 327 Å². The van der Waals surface area contributed by atoms with Crippen molar-refractivity contribution in [3.63, 3.8) is 0 Å². The minimum absolute atomic E-state index is 0.0526. The van der Waals surface area contributed by atoms with Gasteiger partial charge in [0.15, 0.2) is 31.5 Å². The van der Waals surface area contributed by atoms with Gasteiger partial charge in [0.1, 0.15) is 134 Å². The molecule has 6 heterocycles. The molecule has 5 aliphatic carbocycles. The van der Waals surface area contributed by atoms with Crippen LogP contribution in [0.15, 0.2) is 11.6 Å². The largest absolute Gasteiger partial charge is 0.432 e. The first-order valence-corrected chi connectivity index (χ1v) is 34.3. The first-order valence-electron chi connectivity index (χ1n) is 34.3. The van der Waals surface area contributed by atoms with Gasteiger partial charge in [-0.25, -0.2) is 0 Å². The molecule has 32 heteroatoms. The molecule has 9 unspecified atom stereocenters. The van der Waals surface area contributed by atoms with Crippen LogP contribution < -0.4 is 0 Å². The highest BCUT2D eigenvalue weighted by Crippen LogP contribution is 2.76. The van der Waals surface area contributed by atoms with E-state index in [2.05, 4.69) is 40.7 Å². The number of rotatable bonds is 17. The number of hydrogen-bond acceptors (Lipinski definition) is 32. The van der Waals surface area contributed by atoms with Crippen molar-refractivity contribution < 1.29 is 159 Å². The molecule has 11 rings (SSSR count). The highest BCUT2D eigenvalue weighted by atomic mass is 16.8. The van der Waals surface area contributed by atoms with E-state index in [4.69, 9.17) is 56.8 Å². The van der Waals surface area contributed by atoms with E-state index in [-0.39, 0.29) is 35.2 Å². The van der Waals surface area contributed by atoms with E-state index in [1.165, 1.54) is 6.92 Å². The summed E-state index contributed by atoms with van der Waals surface area (Å²) in [5, 5.41) is 206. The molecule has 4 saturated carbocycles. The summed E-state index contributed by atoms with van der Waals surface area (Å²) in [4.78, 5) is 15.2. The fourth-order valence-electron chi connectivity index (χ4n) is 19.0. The van der Waals surface area contributed by atoms with Crippen LogP contribution in [0, 0.1) is 50.2 Å². The molecule has 10 fully saturated rings. The molecule has 32 nitrogen and oxygen atoms in total. The second-order valence-corrected chi connectivity index (χ2v) is 31.3. The van der Waals surface area contributed by atoms with Gasteiger partial charge in [0.2, 0.25) is 6.29 Å². The first kappa shape index (κ1) is 76.1. The normalized spacial score (nSPS) is 54.7. The number of fused-ring (bicyclic) bond motifs is 7. The fraction of sp³-hybridized carbons (Fsp3) is 0.954. The maximum absolute atomic E-state index is 15.2. The molecule has 0 aromatic carbocycles. The van der Waals surface area contributed by atoms with Crippen LogP contribution in [0.3, 0.4) is 0 Å². The van der Waals surface area contributed by atoms with Crippen LogP contribution in [0.1, 0.15) is 113 Å². The molecule has 6 aliphatic heterocycles. The Morgan fingerprint density at radius 3 is 1.66 bits per heavy atom. The summed E-state index contributed by atoms with van der Waals surface area (Å²) in [5.74, 6) is -1.05. The lowest BCUT2D eigenvalue weighted by atomic mass is 9.33. The Hall–Kier alpha value is -1.99. The maximum atomic E-state index is 15.2. The number of aliphatic hydroxyl groups is 19. The molecule has 0 amide bonds. The van der Waals surface area contributed by atoms with E-state index >= 15 is 4.79 Å². The number of ether oxygens (including phenoxy) is 12. The summed E-state index contributed by atoms with van der Waals surface area (Å²) in [6, 6.07) is 0. The summed E-state index contributed by atoms with van der Waals surface area (Å²) in [6.45, 7) is 10.9. The Labute approximate surface area is 561 Å². The SMILES string of the molecule is C[C@@H]1O[C@@H](O[C@H]2[C@H](OC3CCC4(C)C(CCC5(C)C4CC=C4C6CC(C)(C)CCC6(C(=O)O[C@@H]6O[C@H](CO[C@@H]7O[C@H](CO)[C@@H](O)[C@H](O)[C@H]7O)[C@@H](O)[C@H](O)[C@H]6O)CCC45C)C3(C)CO)OC[C@@H](O)[C@@H]2O)[C@H](O)[C@H](O[C@@H]2O[C@H](CO)[C@@H](O[C@@H]3O[C@H](CO)[C@@H](O)[C@H](O)[C@H]3O)[C@H](O)[C@H]2O)[C@@H]1O. The predicted octanol–water partition coefficient (Wildman–Crippen LogP) is -5.75. The average Bonchev–Trinajstić information content (AvgIpc) is 0.675. The van der Waals surface area contributed by atoms with Gasteiger partial charge in [-0.2, -0.15) is 0 Å². The van der Waals surface area contributed by atoms with E-state index in [9.17, 15) is 97.0 Å². The molecule has 0 aromatic heterocycles. The number of carbonyl (C=O) groups is 1. The molecule has 0 aromatic rings. The molecule has 6 saturated heterocycles. The Morgan fingerprint density at radius 2 is 1.03 bits per heavy atom. The summed E-state index contributed by atoms with van der Waals surface area (Å²) in [6.07, 6.45) is -42.2. The lowest BCUT2D eigenvalue weighted by Gasteiger charge is -2.71. The first-order chi connectivity index (χ1) is 45.6. The zero-order valence-corrected chi connectivity index (χ0v) is 55.7. The summed E-state index contributed by atoms with van der Waals surface area (Å²) >= 11 is 0. The molecule has 97 heavy (non-hydrogen) atoms. The average molecular weight is 1400 g/mol. The van der Waals surface area contributed by atoms with Gasteiger partial charge in [-0.15, -0.1) is 0 Å². The lowest BCUT2D eigenvalue weighted by Crippen LogP contribution is -2.67. The van der Waals surface area contributed by atoms with Gasteiger partial charge < -0.3 is 154 Å². The van der Waals surface area contributed by atoms with Gasteiger partial charge in [-0.3, -0.25) is 4.79 Å². The topological polar surface area (TPSA) is 512 Å². The number of carbonyl (C=O) groups excluding carboxylic acids is 1. The third-order valence-corrected chi connectivity index (χ3v) is 25.3. The maximum Gasteiger partial charge on any atom is 0.315 e. The van der Waals surface area contributed by atoms with Crippen LogP contribution in [0.4, 0.5) is 0 Å². The lowest BCUT2D eigenvalue weighted by molar-refractivity contribution is -0.390. The molecular formula is C65H106O32. The summed E-state index contributed by atoms with van der Waals surface area (Å²) in [7, 11) is 0. The highest BCUT2D eigenvalue weighted by Gasteiger charge is 2.71. The molecule has 0 spiro atoms. The van der Waals surface area contributed by atoms with Crippen molar-refractivity contribution >= 4 is 5.97 Å². The van der Waals surface area contributed by atoms with Crippen LogP contribution in [-0.2, 0) is 61.6 Å². The van der Waals surface area contributed by atoms with Crippen molar-refractivity contribution in [3.8, 4) is 0 Å². The van der Waals surface area contributed by atoms with Crippen molar-refractivity contribution in [1.82, 2.24) is 0 Å². The van der Waals surface area contributed by atoms with Gasteiger partial charge >= 0.3 is 5.97 Å². The molecule has 558 valence electrons. The third-order valence-electron chi connectivity index (χ3n) is 25.3. The van der Waals surface area contributed by atoms with Crippen molar-refractivity contribution in [3.05, 3.63) is 11.6 Å². The number of hydrogen-bond donors (Lipinski definition) is 19. The second-order valence-electron chi connectivity index (χ2n) is 31.3. The third kappa shape index (κ3) is 13.2. The number of allylic oxidation sites excluding steroid dienone is 2. The van der Waals surface area contributed by atoms with Crippen LogP contribution in [0.5, 0.6) is 0 Å². The Kier molecular flexibility index (Phi) is 22.6. The predicted molar refractivity (Wildman–Crippen MR) is 322 cm³/mol. The van der Waals surface area contributed by atoms with Gasteiger partial charge in [0.25, 0.3) is 0 Å². The van der Waals surface area contributed by atoms with Gasteiger partial charge in [-0.1, -0.05) is 53.2 Å². The Bertz CT molecular complexity index is 2710. The second kappa shape index (κ2) is 28.8. The molecular weight excluding hydrogens is 1290 g/mol. The minimum Gasteiger partial charge on any atom is -0.432 e. The quantitative estimate of drug-likeness (QED) is 0.0366. The smallest absolute Gasteiger partial charge is 0.315 e. The van der Waals surface area contributed by atoms with Gasteiger partial charge in [-0.05, 0) is 111 Å². The van der Waals surface area contributed by atoms with Crippen LogP contribution >= 0.6 is 0 Å². The summed E-state index contributed by atoms with van der Waals surface area (Å²) in [5.41, 5.74) is -2.30. The Balaban J connectivity index is 0.772. The van der Waals surface area contributed by atoms with E-state index < -0.39 is 245 Å². The fourth-order valence-corrected chi connectivity index (χ4v) is 19.0.